The molecule has 0 aliphatic rings. The maximum Gasteiger partial charge on any atom is 0.138 e. The first-order chi connectivity index (χ1) is 6.74. The quantitative estimate of drug-likeness (QED) is 0.633. The Bertz CT molecular complexity index is 365. The molecule has 0 amide bonds. The molecule has 3 heteroatoms. The van der Waals surface area contributed by atoms with Crippen molar-refractivity contribution in [3.8, 4) is 11.8 Å². The highest BCUT2D eigenvalue weighted by Gasteiger charge is 1.97. The van der Waals surface area contributed by atoms with Crippen molar-refractivity contribution in [3.63, 3.8) is 0 Å². The largest absolute Gasteiger partial charge is 0.319 e. The average Bonchev–Trinajstić information content (AvgIpc) is 2.18. The predicted octanol–water partition coefficient (Wildman–Crippen LogP) is 2.55. The molecule has 1 nitrogen and oxygen atoms in total. The van der Waals surface area contributed by atoms with Crippen molar-refractivity contribution < 1.29 is 4.39 Å². The third kappa shape index (κ3) is 3.49. The lowest BCUT2D eigenvalue weighted by molar-refractivity contribution is 0.620. The van der Waals surface area contributed by atoms with Gasteiger partial charge in [-0.05, 0) is 41.2 Å². The molecule has 0 unspecified atom stereocenters. The summed E-state index contributed by atoms with van der Waals surface area (Å²) in [5.74, 6) is 5.58. The van der Waals surface area contributed by atoms with E-state index in [0.717, 1.165) is 13.0 Å². The Kier molecular flexibility index (Phi) is 4.64. The molecule has 0 fully saturated rings. The summed E-state index contributed by atoms with van der Waals surface area (Å²) in [6.45, 7) is 0.853. The van der Waals surface area contributed by atoms with Crippen molar-refractivity contribution in [2.24, 2.45) is 0 Å². The highest BCUT2D eigenvalue weighted by Crippen LogP contribution is 2.15. The summed E-state index contributed by atoms with van der Waals surface area (Å²) in [7, 11) is 1.88. The monoisotopic (exact) mass is 255 g/mol. The Labute approximate surface area is 91.8 Å². The van der Waals surface area contributed by atoms with E-state index in [2.05, 4.69) is 33.1 Å². The minimum Gasteiger partial charge on any atom is -0.319 e. The second-order valence-electron chi connectivity index (χ2n) is 2.78. The first-order valence-corrected chi connectivity index (χ1v) is 5.12. The zero-order valence-corrected chi connectivity index (χ0v) is 9.49. The smallest absolute Gasteiger partial charge is 0.138 e. The lowest BCUT2D eigenvalue weighted by Crippen LogP contribution is -2.05. The Hall–Kier alpha value is -0.850. The third-order valence-corrected chi connectivity index (χ3v) is 2.30. The zero-order valence-electron chi connectivity index (χ0n) is 7.90. The lowest BCUT2D eigenvalue weighted by atomic mass is 10.2. The standard InChI is InChI=1S/C11H11BrFN/c1-14-7-3-2-4-9-5-6-10(12)11(13)8-9/h5-6,8,14H,3,7H2,1H3. The van der Waals surface area contributed by atoms with Gasteiger partial charge >= 0.3 is 0 Å². The van der Waals surface area contributed by atoms with Crippen LogP contribution in [0.3, 0.4) is 0 Å². The molecule has 0 bridgehead atoms. The fourth-order valence-electron chi connectivity index (χ4n) is 0.926. The van der Waals surface area contributed by atoms with Gasteiger partial charge in [0.1, 0.15) is 5.82 Å². The number of halogens is 2. The predicted molar refractivity (Wildman–Crippen MR) is 59.5 cm³/mol. The molecule has 0 spiro atoms. The van der Waals surface area contributed by atoms with E-state index in [-0.39, 0.29) is 5.82 Å². The summed E-state index contributed by atoms with van der Waals surface area (Å²) in [4.78, 5) is 0. The van der Waals surface area contributed by atoms with Gasteiger partial charge < -0.3 is 5.32 Å². The molecule has 0 saturated carbocycles. The minimum atomic E-state index is -0.273. The van der Waals surface area contributed by atoms with Crippen LogP contribution in [0.4, 0.5) is 4.39 Å². The Balaban J connectivity index is 2.66. The molecule has 0 aliphatic carbocycles. The van der Waals surface area contributed by atoms with Crippen LogP contribution in [0.1, 0.15) is 12.0 Å². The zero-order chi connectivity index (χ0) is 10.4. The van der Waals surface area contributed by atoms with E-state index in [0.29, 0.717) is 10.0 Å². The molecular formula is C11H11BrFN. The molecule has 74 valence electrons. The van der Waals surface area contributed by atoms with E-state index in [1.54, 1.807) is 12.1 Å². The van der Waals surface area contributed by atoms with E-state index in [9.17, 15) is 4.39 Å². The van der Waals surface area contributed by atoms with Crippen molar-refractivity contribution in [2.75, 3.05) is 13.6 Å². The fourth-order valence-corrected chi connectivity index (χ4v) is 1.17. The molecule has 0 aliphatic heterocycles. The summed E-state index contributed by atoms with van der Waals surface area (Å²) in [6, 6.07) is 4.88. The lowest BCUT2D eigenvalue weighted by Gasteiger charge is -1.94. The van der Waals surface area contributed by atoms with Gasteiger partial charge in [-0.2, -0.15) is 0 Å². The molecule has 1 aromatic carbocycles. The molecule has 1 aromatic rings. The van der Waals surface area contributed by atoms with Gasteiger partial charge in [0.15, 0.2) is 0 Å². The Morgan fingerprint density at radius 2 is 2.29 bits per heavy atom. The normalized spacial score (nSPS) is 9.36. The summed E-state index contributed by atoms with van der Waals surface area (Å²) < 4.78 is 13.5. The highest BCUT2D eigenvalue weighted by molar-refractivity contribution is 9.10. The molecule has 0 heterocycles. The Morgan fingerprint density at radius 1 is 1.50 bits per heavy atom. The van der Waals surface area contributed by atoms with Gasteiger partial charge in [0, 0.05) is 18.5 Å². The van der Waals surface area contributed by atoms with Crippen LogP contribution in [0, 0.1) is 17.7 Å². The van der Waals surface area contributed by atoms with Gasteiger partial charge in [0.05, 0.1) is 4.47 Å². The first kappa shape index (κ1) is 11.2. The first-order valence-electron chi connectivity index (χ1n) is 4.32. The second-order valence-corrected chi connectivity index (χ2v) is 3.64. The number of rotatable bonds is 2. The average molecular weight is 256 g/mol. The van der Waals surface area contributed by atoms with E-state index < -0.39 is 0 Å². The maximum absolute atomic E-state index is 13.0. The van der Waals surface area contributed by atoms with Gasteiger partial charge in [0.25, 0.3) is 0 Å². The topological polar surface area (TPSA) is 12.0 Å². The van der Waals surface area contributed by atoms with Crippen LogP contribution in [0.15, 0.2) is 22.7 Å². The molecular weight excluding hydrogens is 245 g/mol. The van der Waals surface area contributed by atoms with Crippen LogP contribution in [0.2, 0.25) is 0 Å². The van der Waals surface area contributed by atoms with Crippen molar-refractivity contribution >= 4 is 15.9 Å². The van der Waals surface area contributed by atoms with Crippen molar-refractivity contribution in [1.82, 2.24) is 5.32 Å². The fraction of sp³-hybridized carbons (Fsp3) is 0.273. The van der Waals surface area contributed by atoms with E-state index >= 15 is 0 Å². The van der Waals surface area contributed by atoms with Gasteiger partial charge in [-0.25, -0.2) is 4.39 Å². The number of hydrogen-bond acceptors (Lipinski definition) is 1. The van der Waals surface area contributed by atoms with Gasteiger partial charge in [0.2, 0.25) is 0 Å². The third-order valence-electron chi connectivity index (χ3n) is 1.65. The van der Waals surface area contributed by atoms with E-state index in [1.165, 1.54) is 6.07 Å². The van der Waals surface area contributed by atoms with Crippen LogP contribution in [0.5, 0.6) is 0 Å². The molecule has 1 rings (SSSR count). The van der Waals surface area contributed by atoms with Gasteiger partial charge in [-0.3, -0.25) is 0 Å². The molecule has 14 heavy (non-hydrogen) atoms. The molecule has 1 N–H and O–H groups in total. The number of benzene rings is 1. The summed E-state index contributed by atoms with van der Waals surface area (Å²) >= 11 is 3.09. The van der Waals surface area contributed by atoms with Crippen LogP contribution < -0.4 is 5.32 Å². The van der Waals surface area contributed by atoms with Crippen molar-refractivity contribution in [2.45, 2.75) is 6.42 Å². The molecule has 0 saturated heterocycles. The SMILES string of the molecule is CNCCC#Cc1ccc(Br)c(F)c1. The second kappa shape index (κ2) is 5.79. The summed E-state index contributed by atoms with van der Waals surface area (Å²) in [6.07, 6.45) is 0.772. The van der Waals surface area contributed by atoms with E-state index in [1.807, 2.05) is 7.05 Å². The summed E-state index contributed by atoms with van der Waals surface area (Å²) in [5, 5.41) is 2.99. The van der Waals surface area contributed by atoms with Gasteiger partial charge in [-0.1, -0.05) is 11.8 Å². The van der Waals surface area contributed by atoms with Crippen LogP contribution in [0.25, 0.3) is 0 Å². The molecule has 0 aromatic heterocycles. The van der Waals surface area contributed by atoms with Crippen LogP contribution >= 0.6 is 15.9 Å². The Morgan fingerprint density at radius 3 is 2.93 bits per heavy atom. The minimum absolute atomic E-state index is 0.273. The van der Waals surface area contributed by atoms with Crippen molar-refractivity contribution in [3.05, 3.63) is 34.1 Å². The van der Waals surface area contributed by atoms with Crippen LogP contribution in [-0.2, 0) is 0 Å². The maximum atomic E-state index is 13.0. The van der Waals surface area contributed by atoms with Crippen LogP contribution in [-0.4, -0.2) is 13.6 Å². The van der Waals surface area contributed by atoms with Crippen molar-refractivity contribution in [1.29, 1.82) is 0 Å². The molecule has 0 atom stereocenters. The summed E-state index contributed by atoms with van der Waals surface area (Å²) in [5.41, 5.74) is 0.710. The van der Waals surface area contributed by atoms with E-state index in [4.69, 9.17) is 0 Å². The van der Waals surface area contributed by atoms with Gasteiger partial charge in [-0.15, -0.1) is 0 Å². The highest BCUT2D eigenvalue weighted by atomic mass is 79.9. The molecule has 0 radical (unpaired) electrons. The number of nitrogens with one attached hydrogen (secondary N) is 1. The number of hydrogen-bond donors (Lipinski definition) is 1.